The first-order chi connectivity index (χ1) is 7.54. The number of hydrogen-bond donors (Lipinski definition) is 0. The van der Waals surface area contributed by atoms with Crippen molar-refractivity contribution in [3.63, 3.8) is 0 Å². The molecule has 0 atom stereocenters. The zero-order valence-corrected chi connectivity index (χ0v) is 12.3. The maximum absolute atomic E-state index is 10.6. The molecule has 0 radical (unpaired) electrons. The van der Waals surface area contributed by atoms with Gasteiger partial charge in [-0.2, -0.15) is 0 Å². The first kappa shape index (κ1) is 16.5. The Hall–Kier alpha value is -0.530. The third-order valence-corrected chi connectivity index (χ3v) is 2.55. The van der Waals surface area contributed by atoms with E-state index in [1.54, 1.807) is 0 Å². The zero-order valence-electron chi connectivity index (χ0n) is 9.46. The van der Waals surface area contributed by atoms with Gasteiger partial charge in [-0.25, -0.2) is 8.42 Å². The Bertz CT molecular complexity index is 440. The van der Waals surface area contributed by atoms with Crippen LogP contribution in [0.3, 0.4) is 0 Å². The molecule has 0 N–H and O–H groups in total. The van der Waals surface area contributed by atoms with E-state index in [9.17, 15) is 13.0 Å². The predicted octanol–water partition coefficient (Wildman–Crippen LogP) is -1.87. The SMILES string of the molecule is C=COCCOc1ccc(S(=O)(=O)[O-])cc1.[Na+]. The molecular formula is C10H11NaO5S. The Morgan fingerprint density at radius 2 is 1.82 bits per heavy atom. The van der Waals surface area contributed by atoms with Gasteiger partial charge in [0, 0.05) is 0 Å². The summed E-state index contributed by atoms with van der Waals surface area (Å²) in [6, 6.07) is 5.23. The summed E-state index contributed by atoms with van der Waals surface area (Å²) < 4.78 is 41.9. The quantitative estimate of drug-likeness (QED) is 0.261. The van der Waals surface area contributed by atoms with E-state index in [1.807, 2.05) is 0 Å². The topological polar surface area (TPSA) is 75.7 Å². The van der Waals surface area contributed by atoms with Gasteiger partial charge in [-0.15, -0.1) is 0 Å². The Morgan fingerprint density at radius 3 is 2.29 bits per heavy atom. The van der Waals surface area contributed by atoms with E-state index >= 15 is 0 Å². The second kappa shape index (κ2) is 7.73. The average Bonchev–Trinajstić information content (AvgIpc) is 2.24. The largest absolute Gasteiger partial charge is 1.00 e. The van der Waals surface area contributed by atoms with Crippen molar-refractivity contribution < 1.29 is 52.0 Å². The Balaban J connectivity index is 0.00000256. The summed E-state index contributed by atoms with van der Waals surface area (Å²) >= 11 is 0. The number of ether oxygens (including phenoxy) is 2. The van der Waals surface area contributed by atoms with Crippen molar-refractivity contribution in [2.75, 3.05) is 13.2 Å². The monoisotopic (exact) mass is 266 g/mol. The fraction of sp³-hybridized carbons (Fsp3) is 0.200. The maximum Gasteiger partial charge on any atom is 1.00 e. The summed E-state index contributed by atoms with van der Waals surface area (Å²) in [4.78, 5) is -0.276. The van der Waals surface area contributed by atoms with Gasteiger partial charge in [0.2, 0.25) is 0 Å². The van der Waals surface area contributed by atoms with Gasteiger partial charge < -0.3 is 14.0 Å². The molecule has 0 aliphatic carbocycles. The molecule has 0 bridgehead atoms. The van der Waals surface area contributed by atoms with Crippen molar-refractivity contribution in [2.45, 2.75) is 4.90 Å². The van der Waals surface area contributed by atoms with E-state index in [2.05, 4.69) is 6.58 Å². The zero-order chi connectivity index (χ0) is 12.0. The minimum absolute atomic E-state index is 0. The van der Waals surface area contributed by atoms with E-state index in [0.717, 1.165) is 0 Å². The van der Waals surface area contributed by atoms with E-state index in [0.29, 0.717) is 19.0 Å². The third-order valence-electron chi connectivity index (χ3n) is 1.70. The van der Waals surface area contributed by atoms with Crippen LogP contribution in [0.5, 0.6) is 5.75 Å². The van der Waals surface area contributed by atoms with Crippen LogP contribution in [-0.4, -0.2) is 26.2 Å². The predicted molar refractivity (Wildman–Crippen MR) is 56.0 cm³/mol. The van der Waals surface area contributed by atoms with Crippen LogP contribution in [0, 0.1) is 0 Å². The second-order valence-corrected chi connectivity index (χ2v) is 4.19. The molecule has 0 saturated carbocycles. The van der Waals surface area contributed by atoms with Crippen molar-refractivity contribution in [3.8, 4) is 5.75 Å². The Kier molecular flexibility index (Phi) is 7.49. The fourth-order valence-corrected chi connectivity index (χ4v) is 1.46. The fourth-order valence-electron chi connectivity index (χ4n) is 0.993. The van der Waals surface area contributed by atoms with Crippen molar-refractivity contribution >= 4 is 10.1 Å². The van der Waals surface area contributed by atoms with Crippen molar-refractivity contribution in [1.82, 2.24) is 0 Å². The van der Waals surface area contributed by atoms with Gasteiger partial charge in [-0.05, 0) is 24.3 Å². The number of hydrogen-bond acceptors (Lipinski definition) is 5. The van der Waals surface area contributed by atoms with Gasteiger partial charge in [0.05, 0.1) is 11.2 Å². The normalized spacial score (nSPS) is 10.2. The molecule has 1 rings (SSSR count). The summed E-state index contributed by atoms with van der Waals surface area (Å²) in [5.74, 6) is 0.472. The standard InChI is InChI=1S/C10H12O5S.Na/c1-2-14-7-8-15-9-3-5-10(6-4-9)16(11,12)13;/h2-6H,1,7-8H2,(H,11,12,13);/q;+1/p-1. The third kappa shape index (κ3) is 6.09. The van der Waals surface area contributed by atoms with Crippen LogP contribution < -0.4 is 34.3 Å². The van der Waals surface area contributed by atoms with Gasteiger partial charge in [0.25, 0.3) is 0 Å². The molecule has 1 aromatic rings. The molecule has 0 unspecified atom stereocenters. The molecule has 0 spiro atoms. The van der Waals surface area contributed by atoms with Crippen molar-refractivity contribution in [3.05, 3.63) is 37.1 Å². The maximum atomic E-state index is 10.6. The molecule has 7 heteroatoms. The Labute approximate surface area is 122 Å². The number of benzene rings is 1. The van der Waals surface area contributed by atoms with Crippen LogP contribution in [0.25, 0.3) is 0 Å². The van der Waals surface area contributed by atoms with Gasteiger partial charge >= 0.3 is 29.6 Å². The average molecular weight is 266 g/mol. The van der Waals surface area contributed by atoms with E-state index < -0.39 is 10.1 Å². The molecule has 0 aliphatic rings. The van der Waals surface area contributed by atoms with E-state index in [4.69, 9.17) is 9.47 Å². The van der Waals surface area contributed by atoms with Gasteiger partial charge in [-0.1, -0.05) is 6.58 Å². The van der Waals surface area contributed by atoms with Crippen LogP contribution in [0.15, 0.2) is 42.0 Å². The van der Waals surface area contributed by atoms with E-state index in [1.165, 1.54) is 30.5 Å². The summed E-state index contributed by atoms with van der Waals surface area (Å²) in [6.07, 6.45) is 1.30. The Morgan fingerprint density at radius 1 is 1.24 bits per heavy atom. The van der Waals surface area contributed by atoms with Gasteiger partial charge in [0.15, 0.2) is 0 Å². The van der Waals surface area contributed by atoms with Crippen LogP contribution in [0.4, 0.5) is 0 Å². The summed E-state index contributed by atoms with van der Waals surface area (Å²) in [5, 5.41) is 0. The molecule has 0 saturated heterocycles. The molecule has 88 valence electrons. The smallest absolute Gasteiger partial charge is 0.744 e. The molecular weight excluding hydrogens is 255 g/mol. The molecule has 0 aromatic heterocycles. The van der Waals surface area contributed by atoms with Crippen molar-refractivity contribution in [2.24, 2.45) is 0 Å². The molecule has 0 aliphatic heterocycles. The molecule has 1 aromatic carbocycles. The van der Waals surface area contributed by atoms with Gasteiger partial charge in [0.1, 0.15) is 29.1 Å². The van der Waals surface area contributed by atoms with E-state index in [-0.39, 0.29) is 34.5 Å². The molecule has 0 fully saturated rings. The molecule has 5 nitrogen and oxygen atoms in total. The van der Waals surface area contributed by atoms with Crippen LogP contribution >= 0.6 is 0 Å². The minimum Gasteiger partial charge on any atom is -0.744 e. The number of rotatable bonds is 6. The van der Waals surface area contributed by atoms with Gasteiger partial charge in [-0.3, -0.25) is 0 Å². The summed E-state index contributed by atoms with van der Waals surface area (Å²) in [6.45, 7) is 4.03. The first-order valence-electron chi connectivity index (χ1n) is 4.45. The summed E-state index contributed by atoms with van der Waals surface area (Å²) in [7, 11) is -4.39. The van der Waals surface area contributed by atoms with Crippen LogP contribution in [0.1, 0.15) is 0 Å². The van der Waals surface area contributed by atoms with Crippen molar-refractivity contribution in [1.29, 1.82) is 0 Å². The second-order valence-electron chi connectivity index (χ2n) is 2.81. The molecule has 17 heavy (non-hydrogen) atoms. The summed E-state index contributed by atoms with van der Waals surface area (Å²) in [5.41, 5.74) is 0. The van der Waals surface area contributed by atoms with Crippen LogP contribution in [0.2, 0.25) is 0 Å². The minimum atomic E-state index is -4.39. The van der Waals surface area contributed by atoms with Crippen LogP contribution in [-0.2, 0) is 14.9 Å². The molecule has 0 heterocycles. The molecule has 0 amide bonds. The first-order valence-corrected chi connectivity index (χ1v) is 5.86.